The van der Waals surface area contributed by atoms with Crippen molar-refractivity contribution in [3.05, 3.63) is 64.7 Å². The van der Waals surface area contributed by atoms with Crippen LogP contribution in [0, 0.1) is 0 Å². The van der Waals surface area contributed by atoms with E-state index in [1.807, 2.05) is 48.5 Å². The van der Waals surface area contributed by atoms with Gasteiger partial charge in [0.1, 0.15) is 12.4 Å². The zero-order chi connectivity index (χ0) is 16.5. The molecule has 5 heteroatoms. The molecule has 2 aromatic carbocycles. The van der Waals surface area contributed by atoms with Gasteiger partial charge in [0.25, 0.3) is 0 Å². The van der Waals surface area contributed by atoms with Crippen molar-refractivity contribution < 1.29 is 9.53 Å². The standard InChI is InChI=1S/C18H21ClN2O2/c19-16-5-1-3-14(11-16)7-9-21-18(22)13-15-4-2-6-17(12-15)23-10-8-20/h1-6,11-12H,7-10,13,20H2,(H,21,22). The minimum atomic E-state index is -0.0111. The van der Waals surface area contributed by atoms with Gasteiger partial charge in [-0.1, -0.05) is 35.9 Å². The first-order chi connectivity index (χ1) is 11.2. The number of nitrogens with one attached hydrogen (secondary N) is 1. The molecule has 1 amide bonds. The Kier molecular flexibility index (Phi) is 6.91. The summed E-state index contributed by atoms with van der Waals surface area (Å²) >= 11 is 5.94. The van der Waals surface area contributed by atoms with E-state index < -0.39 is 0 Å². The Hall–Kier alpha value is -2.04. The summed E-state index contributed by atoms with van der Waals surface area (Å²) in [6.07, 6.45) is 1.08. The number of nitrogens with two attached hydrogens (primary N) is 1. The molecule has 0 saturated heterocycles. The van der Waals surface area contributed by atoms with Crippen LogP contribution >= 0.6 is 11.6 Å². The Bertz CT molecular complexity index is 646. The topological polar surface area (TPSA) is 64.3 Å². The molecule has 0 spiro atoms. The van der Waals surface area contributed by atoms with Crippen LogP contribution in [0.1, 0.15) is 11.1 Å². The second kappa shape index (κ2) is 9.18. The van der Waals surface area contributed by atoms with Crippen LogP contribution in [-0.2, 0) is 17.6 Å². The van der Waals surface area contributed by atoms with Gasteiger partial charge in [-0.2, -0.15) is 0 Å². The minimum Gasteiger partial charge on any atom is -0.492 e. The van der Waals surface area contributed by atoms with E-state index in [9.17, 15) is 4.79 Å². The monoisotopic (exact) mass is 332 g/mol. The summed E-state index contributed by atoms with van der Waals surface area (Å²) in [5.41, 5.74) is 7.43. The SMILES string of the molecule is NCCOc1cccc(CC(=O)NCCc2cccc(Cl)c2)c1. The van der Waals surface area contributed by atoms with Crippen molar-refractivity contribution in [1.82, 2.24) is 5.32 Å². The molecule has 4 nitrogen and oxygen atoms in total. The molecule has 0 saturated carbocycles. The van der Waals surface area contributed by atoms with E-state index >= 15 is 0 Å². The maximum atomic E-state index is 12.0. The van der Waals surface area contributed by atoms with Crippen molar-refractivity contribution in [2.75, 3.05) is 19.7 Å². The van der Waals surface area contributed by atoms with Gasteiger partial charge in [-0.15, -0.1) is 0 Å². The van der Waals surface area contributed by atoms with E-state index in [4.69, 9.17) is 22.1 Å². The molecule has 23 heavy (non-hydrogen) atoms. The van der Waals surface area contributed by atoms with Gasteiger partial charge in [-0.25, -0.2) is 0 Å². The molecule has 0 radical (unpaired) electrons. The molecule has 122 valence electrons. The summed E-state index contributed by atoms with van der Waals surface area (Å²) in [6.45, 7) is 1.52. The number of carbonyl (C=O) groups is 1. The molecule has 0 atom stereocenters. The van der Waals surface area contributed by atoms with Crippen LogP contribution in [0.4, 0.5) is 0 Å². The fourth-order valence-corrected chi connectivity index (χ4v) is 2.42. The first-order valence-electron chi connectivity index (χ1n) is 7.60. The minimum absolute atomic E-state index is 0.0111. The number of benzene rings is 2. The van der Waals surface area contributed by atoms with Crippen LogP contribution in [0.5, 0.6) is 5.75 Å². The maximum Gasteiger partial charge on any atom is 0.224 e. The third-order valence-corrected chi connectivity index (χ3v) is 3.51. The average molecular weight is 333 g/mol. The Balaban J connectivity index is 1.78. The Morgan fingerprint density at radius 2 is 1.91 bits per heavy atom. The van der Waals surface area contributed by atoms with Crippen LogP contribution in [0.15, 0.2) is 48.5 Å². The number of amides is 1. The van der Waals surface area contributed by atoms with E-state index in [0.29, 0.717) is 31.1 Å². The molecular formula is C18H21ClN2O2. The molecule has 0 bridgehead atoms. The molecule has 2 rings (SSSR count). The summed E-state index contributed by atoms with van der Waals surface area (Å²) in [4.78, 5) is 12.0. The van der Waals surface area contributed by atoms with Crippen LogP contribution in [0.2, 0.25) is 5.02 Å². The molecule has 0 aliphatic heterocycles. The molecule has 0 heterocycles. The van der Waals surface area contributed by atoms with Crippen LogP contribution in [-0.4, -0.2) is 25.6 Å². The van der Waals surface area contributed by atoms with Crippen molar-refractivity contribution in [2.45, 2.75) is 12.8 Å². The molecule has 0 aromatic heterocycles. The lowest BCUT2D eigenvalue weighted by Crippen LogP contribution is -2.27. The second-order valence-corrected chi connectivity index (χ2v) is 5.63. The fourth-order valence-electron chi connectivity index (χ4n) is 2.21. The third kappa shape index (κ3) is 6.30. The van der Waals surface area contributed by atoms with Gasteiger partial charge in [-0.05, 0) is 41.8 Å². The van der Waals surface area contributed by atoms with Gasteiger partial charge in [0.05, 0.1) is 6.42 Å². The second-order valence-electron chi connectivity index (χ2n) is 5.19. The van der Waals surface area contributed by atoms with E-state index in [1.165, 1.54) is 0 Å². The van der Waals surface area contributed by atoms with Gasteiger partial charge in [0, 0.05) is 18.1 Å². The lowest BCUT2D eigenvalue weighted by atomic mass is 10.1. The Morgan fingerprint density at radius 1 is 1.13 bits per heavy atom. The summed E-state index contributed by atoms with van der Waals surface area (Å²) in [5, 5.41) is 3.63. The summed E-state index contributed by atoms with van der Waals surface area (Å²) < 4.78 is 5.46. The highest BCUT2D eigenvalue weighted by molar-refractivity contribution is 6.30. The number of hydrogen-bond acceptors (Lipinski definition) is 3. The van der Waals surface area contributed by atoms with E-state index in [-0.39, 0.29) is 5.91 Å². The van der Waals surface area contributed by atoms with E-state index in [1.54, 1.807) is 0 Å². The molecule has 0 fully saturated rings. The highest BCUT2D eigenvalue weighted by atomic mass is 35.5. The van der Waals surface area contributed by atoms with Gasteiger partial charge in [0.15, 0.2) is 0 Å². The summed E-state index contributed by atoms with van der Waals surface area (Å²) in [5.74, 6) is 0.725. The van der Waals surface area contributed by atoms with Crippen molar-refractivity contribution in [2.24, 2.45) is 5.73 Å². The molecule has 3 N–H and O–H groups in total. The van der Waals surface area contributed by atoms with Gasteiger partial charge < -0.3 is 15.8 Å². The normalized spacial score (nSPS) is 10.3. The number of hydrogen-bond donors (Lipinski definition) is 2. The number of rotatable bonds is 8. The lowest BCUT2D eigenvalue weighted by molar-refractivity contribution is -0.120. The van der Waals surface area contributed by atoms with Crippen LogP contribution in [0.3, 0.4) is 0 Å². The van der Waals surface area contributed by atoms with Crippen molar-refractivity contribution in [1.29, 1.82) is 0 Å². The van der Waals surface area contributed by atoms with Crippen molar-refractivity contribution >= 4 is 17.5 Å². The Labute approximate surface area is 141 Å². The number of ether oxygens (including phenoxy) is 1. The first kappa shape index (κ1) is 17.3. The lowest BCUT2D eigenvalue weighted by Gasteiger charge is -2.08. The maximum absolute atomic E-state index is 12.0. The van der Waals surface area contributed by atoms with Crippen molar-refractivity contribution in [3.8, 4) is 5.75 Å². The zero-order valence-corrected chi connectivity index (χ0v) is 13.7. The Morgan fingerprint density at radius 3 is 2.70 bits per heavy atom. The molecule has 0 aliphatic rings. The fraction of sp³-hybridized carbons (Fsp3) is 0.278. The molecule has 2 aromatic rings. The molecule has 0 unspecified atom stereocenters. The predicted octanol–water partition coefficient (Wildman–Crippen LogP) is 2.58. The highest BCUT2D eigenvalue weighted by Crippen LogP contribution is 2.14. The third-order valence-electron chi connectivity index (χ3n) is 3.27. The summed E-state index contributed by atoms with van der Waals surface area (Å²) in [7, 11) is 0. The van der Waals surface area contributed by atoms with Gasteiger partial charge >= 0.3 is 0 Å². The first-order valence-corrected chi connectivity index (χ1v) is 7.98. The van der Waals surface area contributed by atoms with Crippen molar-refractivity contribution in [3.63, 3.8) is 0 Å². The number of carbonyl (C=O) groups excluding carboxylic acids is 1. The van der Waals surface area contributed by atoms with Gasteiger partial charge in [0.2, 0.25) is 5.91 Å². The van der Waals surface area contributed by atoms with Crippen LogP contribution < -0.4 is 15.8 Å². The smallest absolute Gasteiger partial charge is 0.224 e. The predicted molar refractivity (Wildman–Crippen MR) is 92.9 cm³/mol. The summed E-state index contributed by atoms with van der Waals surface area (Å²) in [6, 6.07) is 15.2. The zero-order valence-electron chi connectivity index (χ0n) is 12.9. The van der Waals surface area contributed by atoms with E-state index in [0.717, 1.165) is 23.3 Å². The largest absolute Gasteiger partial charge is 0.492 e. The van der Waals surface area contributed by atoms with Gasteiger partial charge in [-0.3, -0.25) is 4.79 Å². The number of halogens is 1. The molecule has 0 aliphatic carbocycles. The van der Waals surface area contributed by atoms with E-state index in [2.05, 4.69) is 5.32 Å². The molecular weight excluding hydrogens is 312 g/mol. The quantitative estimate of drug-likeness (QED) is 0.781. The average Bonchev–Trinajstić information content (AvgIpc) is 2.53. The highest BCUT2D eigenvalue weighted by Gasteiger charge is 2.04. The van der Waals surface area contributed by atoms with Crippen LogP contribution in [0.25, 0.3) is 0 Å².